The SMILES string of the molecule is CC(C)(C)[S+]([O-])N=Cc1cccc2c1COC2. The first-order chi connectivity index (χ1) is 7.98. The van der Waals surface area contributed by atoms with Gasteiger partial charge in [0.05, 0.1) is 19.4 Å². The van der Waals surface area contributed by atoms with Crippen LogP contribution >= 0.6 is 0 Å². The van der Waals surface area contributed by atoms with Crippen LogP contribution in [0.15, 0.2) is 22.6 Å². The summed E-state index contributed by atoms with van der Waals surface area (Å²) in [6.07, 6.45) is 1.70. The van der Waals surface area contributed by atoms with E-state index in [2.05, 4.69) is 10.5 Å². The molecular weight excluding hydrogens is 234 g/mol. The van der Waals surface area contributed by atoms with E-state index in [0.29, 0.717) is 13.2 Å². The number of hydrogen-bond acceptors (Lipinski definition) is 3. The minimum atomic E-state index is -1.21. The third kappa shape index (κ3) is 2.89. The van der Waals surface area contributed by atoms with Crippen LogP contribution in [0.2, 0.25) is 0 Å². The topological polar surface area (TPSA) is 44.7 Å². The average Bonchev–Trinajstić information content (AvgIpc) is 2.72. The van der Waals surface area contributed by atoms with Gasteiger partial charge in [0.15, 0.2) is 0 Å². The van der Waals surface area contributed by atoms with Crippen molar-refractivity contribution in [1.29, 1.82) is 0 Å². The Hall–Kier alpha value is -0.840. The monoisotopic (exact) mass is 251 g/mol. The quantitative estimate of drug-likeness (QED) is 0.599. The van der Waals surface area contributed by atoms with Gasteiger partial charge in [0.1, 0.15) is 16.1 Å². The van der Waals surface area contributed by atoms with Crippen molar-refractivity contribution in [2.45, 2.75) is 38.7 Å². The number of hydrogen-bond donors (Lipinski definition) is 0. The summed E-state index contributed by atoms with van der Waals surface area (Å²) in [5.74, 6) is 0. The van der Waals surface area contributed by atoms with Gasteiger partial charge in [-0.3, -0.25) is 0 Å². The fraction of sp³-hybridized carbons (Fsp3) is 0.462. The molecule has 1 unspecified atom stereocenters. The highest BCUT2D eigenvalue weighted by atomic mass is 32.2. The first-order valence-corrected chi connectivity index (χ1v) is 6.74. The first kappa shape index (κ1) is 12.6. The van der Waals surface area contributed by atoms with Gasteiger partial charge in [-0.25, -0.2) is 0 Å². The van der Waals surface area contributed by atoms with Crippen LogP contribution in [0.1, 0.15) is 37.5 Å². The van der Waals surface area contributed by atoms with Crippen LogP contribution in [-0.2, 0) is 29.3 Å². The molecule has 92 valence electrons. The fourth-order valence-electron chi connectivity index (χ4n) is 1.61. The van der Waals surface area contributed by atoms with Gasteiger partial charge in [-0.05, 0) is 31.9 Å². The van der Waals surface area contributed by atoms with E-state index in [1.54, 1.807) is 6.21 Å². The molecule has 1 atom stereocenters. The molecule has 0 saturated heterocycles. The van der Waals surface area contributed by atoms with E-state index >= 15 is 0 Å². The Morgan fingerprint density at radius 3 is 2.82 bits per heavy atom. The van der Waals surface area contributed by atoms with E-state index in [4.69, 9.17) is 4.74 Å². The van der Waals surface area contributed by atoms with Crippen molar-refractivity contribution in [2.75, 3.05) is 0 Å². The molecule has 0 aromatic heterocycles. The van der Waals surface area contributed by atoms with E-state index in [0.717, 1.165) is 5.56 Å². The van der Waals surface area contributed by atoms with E-state index in [-0.39, 0.29) is 4.75 Å². The van der Waals surface area contributed by atoms with Gasteiger partial charge >= 0.3 is 0 Å². The zero-order valence-corrected chi connectivity index (χ0v) is 11.2. The summed E-state index contributed by atoms with van der Waals surface area (Å²) >= 11 is -1.21. The molecule has 1 heterocycles. The largest absolute Gasteiger partial charge is 0.591 e. The summed E-state index contributed by atoms with van der Waals surface area (Å²) in [4.78, 5) is 0. The second-order valence-electron chi connectivity index (χ2n) is 5.07. The van der Waals surface area contributed by atoms with Gasteiger partial charge in [-0.2, -0.15) is 0 Å². The van der Waals surface area contributed by atoms with E-state index in [1.165, 1.54) is 11.1 Å². The Morgan fingerprint density at radius 2 is 2.12 bits per heavy atom. The molecule has 1 aliphatic heterocycles. The van der Waals surface area contributed by atoms with Crippen LogP contribution in [0.25, 0.3) is 0 Å². The average molecular weight is 251 g/mol. The molecule has 0 saturated carbocycles. The highest BCUT2D eigenvalue weighted by Crippen LogP contribution is 2.23. The van der Waals surface area contributed by atoms with Crippen molar-refractivity contribution >= 4 is 17.6 Å². The van der Waals surface area contributed by atoms with Crippen LogP contribution in [-0.4, -0.2) is 15.5 Å². The van der Waals surface area contributed by atoms with Crippen LogP contribution < -0.4 is 0 Å². The lowest BCUT2D eigenvalue weighted by Crippen LogP contribution is -2.25. The summed E-state index contributed by atoms with van der Waals surface area (Å²) in [7, 11) is 0. The van der Waals surface area contributed by atoms with Gasteiger partial charge in [0, 0.05) is 5.56 Å². The molecule has 0 N–H and O–H groups in total. The predicted molar refractivity (Wildman–Crippen MR) is 70.4 cm³/mol. The molecule has 0 spiro atoms. The lowest BCUT2D eigenvalue weighted by molar-refractivity contribution is 0.134. The smallest absolute Gasteiger partial charge is 0.144 e. The minimum Gasteiger partial charge on any atom is -0.591 e. The van der Waals surface area contributed by atoms with E-state index in [9.17, 15) is 4.55 Å². The molecule has 0 amide bonds. The van der Waals surface area contributed by atoms with Crippen molar-refractivity contribution in [1.82, 2.24) is 0 Å². The Morgan fingerprint density at radius 1 is 1.35 bits per heavy atom. The van der Waals surface area contributed by atoms with Gasteiger partial charge in [-0.15, -0.1) is 0 Å². The van der Waals surface area contributed by atoms with Crippen LogP contribution in [0, 0.1) is 0 Å². The molecule has 2 rings (SSSR count). The van der Waals surface area contributed by atoms with Crippen molar-refractivity contribution in [2.24, 2.45) is 4.40 Å². The summed E-state index contributed by atoms with van der Waals surface area (Å²) < 4.78 is 21.0. The summed E-state index contributed by atoms with van der Waals surface area (Å²) in [6.45, 7) is 7.04. The Labute approximate surface area is 105 Å². The Bertz CT molecular complexity index is 438. The zero-order chi connectivity index (χ0) is 12.5. The summed E-state index contributed by atoms with van der Waals surface area (Å²) in [5.41, 5.74) is 3.38. The molecule has 1 aromatic carbocycles. The molecule has 17 heavy (non-hydrogen) atoms. The first-order valence-electron chi connectivity index (χ1n) is 5.63. The molecule has 0 radical (unpaired) electrons. The summed E-state index contributed by atoms with van der Waals surface area (Å²) in [6, 6.07) is 6.02. The van der Waals surface area contributed by atoms with Crippen molar-refractivity contribution in [3.8, 4) is 0 Å². The predicted octanol–water partition coefficient (Wildman–Crippen LogP) is 2.60. The molecule has 0 bridgehead atoms. The van der Waals surface area contributed by atoms with E-state index < -0.39 is 11.4 Å². The Balaban J connectivity index is 2.20. The molecule has 0 aliphatic carbocycles. The third-order valence-electron chi connectivity index (χ3n) is 2.62. The fourth-order valence-corrected chi connectivity index (χ4v) is 2.14. The highest BCUT2D eigenvalue weighted by Gasteiger charge is 2.26. The van der Waals surface area contributed by atoms with E-state index in [1.807, 2.05) is 32.9 Å². The number of ether oxygens (including phenoxy) is 1. The third-order valence-corrected chi connectivity index (χ3v) is 3.97. The van der Waals surface area contributed by atoms with Gasteiger partial charge in [0.2, 0.25) is 0 Å². The molecule has 1 aliphatic rings. The van der Waals surface area contributed by atoms with Crippen LogP contribution in [0.5, 0.6) is 0 Å². The van der Waals surface area contributed by atoms with Crippen molar-refractivity contribution < 1.29 is 9.29 Å². The maximum absolute atomic E-state index is 11.8. The van der Waals surface area contributed by atoms with Gasteiger partial charge in [-0.1, -0.05) is 22.6 Å². The lowest BCUT2D eigenvalue weighted by Gasteiger charge is -2.17. The second kappa shape index (κ2) is 4.80. The zero-order valence-electron chi connectivity index (χ0n) is 10.4. The molecular formula is C13H17NO2S. The van der Waals surface area contributed by atoms with Crippen LogP contribution in [0.4, 0.5) is 0 Å². The lowest BCUT2D eigenvalue weighted by atomic mass is 10.0. The highest BCUT2D eigenvalue weighted by molar-refractivity contribution is 7.91. The number of rotatable bonds is 2. The van der Waals surface area contributed by atoms with Crippen molar-refractivity contribution in [3.63, 3.8) is 0 Å². The number of nitrogens with zero attached hydrogens (tertiary/aromatic N) is 1. The number of benzene rings is 1. The van der Waals surface area contributed by atoms with Crippen molar-refractivity contribution in [3.05, 3.63) is 34.9 Å². The normalized spacial score (nSPS) is 17.4. The molecule has 1 aromatic rings. The molecule has 4 heteroatoms. The maximum atomic E-state index is 11.8. The minimum absolute atomic E-state index is 0.315. The Kier molecular flexibility index (Phi) is 3.56. The maximum Gasteiger partial charge on any atom is 0.144 e. The molecule has 0 fully saturated rings. The van der Waals surface area contributed by atoms with Crippen LogP contribution in [0.3, 0.4) is 0 Å². The summed E-state index contributed by atoms with van der Waals surface area (Å²) in [5, 5.41) is 0. The van der Waals surface area contributed by atoms with Gasteiger partial charge < -0.3 is 9.29 Å². The number of fused-ring (bicyclic) bond motifs is 1. The second-order valence-corrected chi connectivity index (χ2v) is 7.01. The standard InChI is InChI=1S/C13H17NO2S/c1-13(2,3)17(15)14-7-10-5-4-6-11-8-16-9-12(10)11/h4-7H,8-9H2,1-3H3. The van der Waals surface area contributed by atoms with Gasteiger partial charge in [0.25, 0.3) is 0 Å². The molecule has 3 nitrogen and oxygen atoms in total.